The first-order valence-electron chi connectivity index (χ1n) is 10.6. The predicted octanol–water partition coefficient (Wildman–Crippen LogP) is 4.53. The van der Waals surface area contributed by atoms with E-state index in [2.05, 4.69) is 4.98 Å². The molecule has 2 aliphatic rings. The Bertz CT molecular complexity index is 1040. The first-order chi connectivity index (χ1) is 14.2. The van der Waals surface area contributed by atoms with Gasteiger partial charge in [0.25, 0.3) is 5.91 Å². The van der Waals surface area contributed by atoms with Crippen LogP contribution in [0.2, 0.25) is 0 Å². The molecule has 0 spiro atoms. The van der Waals surface area contributed by atoms with Crippen LogP contribution in [0.3, 0.4) is 0 Å². The summed E-state index contributed by atoms with van der Waals surface area (Å²) in [6.45, 7) is 0.568. The molecule has 3 atom stereocenters. The molecule has 0 radical (unpaired) electrons. The summed E-state index contributed by atoms with van der Waals surface area (Å²) in [5.41, 5.74) is 1.66. The van der Waals surface area contributed by atoms with Crippen molar-refractivity contribution in [1.82, 2.24) is 9.88 Å². The lowest BCUT2D eigenvalue weighted by atomic mass is 9.66. The van der Waals surface area contributed by atoms with Crippen LogP contribution in [0, 0.1) is 5.92 Å². The van der Waals surface area contributed by atoms with Gasteiger partial charge >= 0.3 is 0 Å². The van der Waals surface area contributed by atoms with E-state index in [4.69, 9.17) is 0 Å². The zero-order chi connectivity index (χ0) is 19.8. The molecule has 1 amide bonds. The van der Waals surface area contributed by atoms with E-state index < -0.39 is 5.60 Å². The average Bonchev–Trinajstić information content (AvgIpc) is 2.79. The third kappa shape index (κ3) is 3.12. The van der Waals surface area contributed by atoms with Gasteiger partial charge in [-0.05, 0) is 37.0 Å². The van der Waals surface area contributed by atoms with Crippen molar-refractivity contribution in [3.05, 3.63) is 78.0 Å². The second kappa shape index (κ2) is 7.27. The standard InChI is InChI=1S/C25H26N2O2/c28-24(19-16-18-8-4-6-12-22(18)26-17-19)27-15-14-25(29,20-9-2-1-3-10-20)21-11-5-7-13-23(21)27/h1-4,6,8-10,12,16-17,21,23,29H,5,7,11,13-15H2/t21-,23+,25-/m0/s1. The van der Waals surface area contributed by atoms with Crippen LogP contribution in [-0.2, 0) is 5.60 Å². The van der Waals surface area contributed by atoms with E-state index in [1.54, 1.807) is 6.20 Å². The van der Waals surface area contributed by atoms with Gasteiger partial charge in [-0.25, -0.2) is 0 Å². The van der Waals surface area contributed by atoms with E-state index >= 15 is 0 Å². The Morgan fingerprint density at radius 1 is 1.03 bits per heavy atom. The highest BCUT2D eigenvalue weighted by Gasteiger charge is 2.50. The number of fused-ring (bicyclic) bond motifs is 2. The lowest BCUT2D eigenvalue weighted by Gasteiger charge is -2.52. The van der Waals surface area contributed by atoms with Crippen molar-refractivity contribution in [3.8, 4) is 0 Å². The highest BCUT2D eigenvalue weighted by Crippen LogP contribution is 2.47. The Kier molecular flexibility index (Phi) is 4.59. The molecule has 1 saturated heterocycles. The van der Waals surface area contributed by atoms with Crippen molar-refractivity contribution < 1.29 is 9.90 Å². The SMILES string of the molecule is O=C(c1cnc2ccccc2c1)N1CC[C@](O)(c2ccccc2)[C@H]2CCCC[C@H]21. The molecule has 0 unspecified atom stereocenters. The average molecular weight is 386 g/mol. The predicted molar refractivity (Wildman–Crippen MR) is 113 cm³/mol. The number of likely N-dealkylation sites (tertiary alicyclic amines) is 1. The molecular formula is C25H26N2O2. The summed E-state index contributed by atoms with van der Waals surface area (Å²) in [6.07, 6.45) is 6.38. The number of benzene rings is 2. The smallest absolute Gasteiger partial charge is 0.255 e. The van der Waals surface area contributed by atoms with Crippen LogP contribution in [-0.4, -0.2) is 33.5 Å². The van der Waals surface area contributed by atoms with E-state index in [0.29, 0.717) is 18.5 Å². The van der Waals surface area contributed by atoms with Gasteiger partial charge < -0.3 is 10.0 Å². The first-order valence-corrected chi connectivity index (χ1v) is 10.6. The monoisotopic (exact) mass is 386 g/mol. The molecule has 4 heteroatoms. The van der Waals surface area contributed by atoms with Gasteiger partial charge in [0.05, 0.1) is 16.7 Å². The molecule has 5 rings (SSSR count). The summed E-state index contributed by atoms with van der Waals surface area (Å²) >= 11 is 0. The molecule has 1 aromatic heterocycles. The lowest BCUT2D eigenvalue weighted by molar-refractivity contribution is -0.110. The third-order valence-corrected chi connectivity index (χ3v) is 6.85. The Morgan fingerprint density at radius 2 is 1.79 bits per heavy atom. The molecule has 1 saturated carbocycles. The van der Waals surface area contributed by atoms with Crippen LogP contribution in [0.25, 0.3) is 10.9 Å². The molecule has 29 heavy (non-hydrogen) atoms. The normalized spacial score (nSPS) is 26.9. The van der Waals surface area contributed by atoms with Gasteiger partial charge in [-0.15, -0.1) is 0 Å². The highest BCUT2D eigenvalue weighted by atomic mass is 16.3. The number of aromatic nitrogens is 1. The van der Waals surface area contributed by atoms with E-state index in [1.165, 1.54) is 0 Å². The molecular weight excluding hydrogens is 360 g/mol. The summed E-state index contributed by atoms with van der Waals surface area (Å²) in [7, 11) is 0. The fraction of sp³-hybridized carbons (Fsp3) is 0.360. The van der Waals surface area contributed by atoms with Gasteiger partial charge in [0, 0.05) is 30.1 Å². The Hall–Kier alpha value is -2.72. The number of piperidine rings is 1. The van der Waals surface area contributed by atoms with Gasteiger partial charge in [-0.1, -0.05) is 61.4 Å². The van der Waals surface area contributed by atoms with Crippen LogP contribution < -0.4 is 0 Å². The minimum Gasteiger partial charge on any atom is -0.385 e. The van der Waals surface area contributed by atoms with E-state index in [1.807, 2.05) is 65.6 Å². The van der Waals surface area contributed by atoms with E-state index in [9.17, 15) is 9.90 Å². The number of pyridine rings is 1. The summed E-state index contributed by atoms with van der Waals surface area (Å²) in [5.74, 6) is 0.111. The van der Waals surface area contributed by atoms with Crippen LogP contribution in [0.4, 0.5) is 0 Å². The number of hydrogen-bond acceptors (Lipinski definition) is 3. The summed E-state index contributed by atoms with van der Waals surface area (Å²) in [5, 5.41) is 12.7. The Labute approximate surface area is 171 Å². The van der Waals surface area contributed by atoms with Gasteiger partial charge in [0.15, 0.2) is 0 Å². The number of aliphatic hydroxyl groups is 1. The molecule has 3 aromatic rings. The first kappa shape index (κ1) is 18.3. The fourth-order valence-corrected chi connectivity index (χ4v) is 5.37. The van der Waals surface area contributed by atoms with E-state index in [-0.39, 0.29) is 17.9 Å². The van der Waals surface area contributed by atoms with Gasteiger partial charge in [-0.2, -0.15) is 0 Å². The molecule has 1 N–H and O–H groups in total. The molecule has 2 fully saturated rings. The van der Waals surface area contributed by atoms with Crippen molar-refractivity contribution in [2.24, 2.45) is 5.92 Å². The van der Waals surface area contributed by atoms with Crippen molar-refractivity contribution in [2.75, 3.05) is 6.54 Å². The highest BCUT2D eigenvalue weighted by molar-refractivity contribution is 5.97. The minimum absolute atomic E-state index is 0.0373. The summed E-state index contributed by atoms with van der Waals surface area (Å²) in [6, 6.07) is 19.9. The topological polar surface area (TPSA) is 53.4 Å². The number of para-hydroxylation sites is 1. The van der Waals surface area contributed by atoms with Crippen LogP contribution in [0.1, 0.15) is 48.0 Å². The number of carbonyl (C=O) groups excluding carboxylic acids is 1. The summed E-state index contributed by atoms with van der Waals surface area (Å²) in [4.78, 5) is 19.9. The Morgan fingerprint density at radius 3 is 2.66 bits per heavy atom. The number of amides is 1. The van der Waals surface area contributed by atoms with E-state index in [0.717, 1.165) is 42.1 Å². The van der Waals surface area contributed by atoms with Crippen molar-refractivity contribution in [3.63, 3.8) is 0 Å². The minimum atomic E-state index is -0.856. The van der Waals surface area contributed by atoms with Crippen LogP contribution >= 0.6 is 0 Å². The lowest BCUT2D eigenvalue weighted by Crippen LogP contribution is -2.59. The zero-order valence-corrected chi connectivity index (χ0v) is 16.5. The molecule has 4 nitrogen and oxygen atoms in total. The quantitative estimate of drug-likeness (QED) is 0.704. The number of rotatable bonds is 2. The number of carbonyl (C=O) groups is 1. The third-order valence-electron chi connectivity index (χ3n) is 6.85. The van der Waals surface area contributed by atoms with Crippen molar-refractivity contribution in [1.29, 1.82) is 0 Å². The molecule has 1 aliphatic carbocycles. The van der Waals surface area contributed by atoms with Gasteiger partial charge in [0.1, 0.15) is 0 Å². The van der Waals surface area contributed by atoms with Crippen LogP contribution in [0.15, 0.2) is 66.9 Å². The second-order valence-corrected chi connectivity index (χ2v) is 8.41. The Balaban J connectivity index is 1.47. The molecule has 148 valence electrons. The maximum absolute atomic E-state index is 13.5. The molecule has 0 bridgehead atoms. The summed E-state index contributed by atoms with van der Waals surface area (Å²) < 4.78 is 0. The van der Waals surface area contributed by atoms with Crippen molar-refractivity contribution in [2.45, 2.75) is 43.7 Å². The van der Waals surface area contributed by atoms with Gasteiger partial charge in [0.2, 0.25) is 0 Å². The molecule has 1 aliphatic heterocycles. The number of nitrogens with zero attached hydrogens (tertiary/aromatic N) is 2. The largest absolute Gasteiger partial charge is 0.385 e. The fourth-order valence-electron chi connectivity index (χ4n) is 5.37. The van der Waals surface area contributed by atoms with Gasteiger partial charge in [-0.3, -0.25) is 9.78 Å². The molecule has 2 heterocycles. The van der Waals surface area contributed by atoms with Crippen LogP contribution in [0.5, 0.6) is 0 Å². The number of hydrogen-bond donors (Lipinski definition) is 1. The maximum Gasteiger partial charge on any atom is 0.255 e. The van der Waals surface area contributed by atoms with Crippen molar-refractivity contribution >= 4 is 16.8 Å². The second-order valence-electron chi connectivity index (χ2n) is 8.41. The maximum atomic E-state index is 13.5. The zero-order valence-electron chi connectivity index (χ0n) is 16.5. The molecule has 2 aromatic carbocycles.